The van der Waals surface area contributed by atoms with Gasteiger partial charge in [0.05, 0.1) is 11.5 Å². The summed E-state index contributed by atoms with van der Waals surface area (Å²) in [5, 5.41) is 14.3. The predicted octanol–water partition coefficient (Wildman–Crippen LogP) is 2.51. The average molecular weight is 294 g/mol. The molecule has 6 heteroatoms. The van der Waals surface area contributed by atoms with E-state index in [1.54, 1.807) is 12.1 Å². The Morgan fingerprint density at radius 1 is 1.43 bits per heavy atom. The van der Waals surface area contributed by atoms with Gasteiger partial charge >= 0.3 is 5.69 Å². The Morgan fingerprint density at radius 2 is 2.19 bits per heavy atom. The molecule has 2 rings (SSSR count). The molecular formula is C15H22N2O4. The summed E-state index contributed by atoms with van der Waals surface area (Å²) in [5.41, 5.74) is 1.02. The summed E-state index contributed by atoms with van der Waals surface area (Å²) in [7, 11) is 0. The molecule has 0 aromatic heterocycles. The third kappa shape index (κ3) is 4.68. The van der Waals surface area contributed by atoms with Gasteiger partial charge in [0, 0.05) is 25.8 Å². The number of hydrogen-bond donors (Lipinski definition) is 1. The quantitative estimate of drug-likeness (QED) is 0.618. The van der Waals surface area contributed by atoms with Crippen LogP contribution >= 0.6 is 0 Å². The fraction of sp³-hybridized carbons (Fsp3) is 0.600. The summed E-state index contributed by atoms with van der Waals surface area (Å²) in [6.07, 6.45) is 1.90. The fourth-order valence-corrected chi connectivity index (χ4v) is 2.32. The van der Waals surface area contributed by atoms with Crippen molar-refractivity contribution >= 4 is 5.69 Å². The van der Waals surface area contributed by atoms with E-state index >= 15 is 0 Å². The summed E-state index contributed by atoms with van der Waals surface area (Å²) in [4.78, 5) is 10.7. The first-order valence-electron chi connectivity index (χ1n) is 7.39. The number of hydrogen-bond acceptors (Lipinski definition) is 5. The molecule has 1 aromatic carbocycles. The Kier molecular flexibility index (Phi) is 5.95. The summed E-state index contributed by atoms with van der Waals surface area (Å²) < 4.78 is 11.0. The van der Waals surface area contributed by atoms with Crippen molar-refractivity contribution in [2.24, 2.45) is 5.92 Å². The molecule has 0 atom stereocenters. The lowest BCUT2D eigenvalue weighted by Gasteiger charge is -2.22. The number of benzene rings is 1. The number of nitro groups is 1. The van der Waals surface area contributed by atoms with Crippen molar-refractivity contribution in [1.82, 2.24) is 5.32 Å². The molecule has 0 saturated carbocycles. The molecular weight excluding hydrogens is 272 g/mol. The monoisotopic (exact) mass is 294 g/mol. The number of rotatable bonds is 7. The van der Waals surface area contributed by atoms with Gasteiger partial charge in [0.25, 0.3) is 0 Å². The molecule has 1 fully saturated rings. The molecule has 1 heterocycles. The smallest absolute Gasteiger partial charge is 0.310 e. The molecule has 0 spiro atoms. The van der Waals surface area contributed by atoms with Crippen LogP contribution in [0.25, 0.3) is 0 Å². The van der Waals surface area contributed by atoms with Crippen molar-refractivity contribution in [2.75, 3.05) is 26.4 Å². The van der Waals surface area contributed by atoms with Gasteiger partial charge in [0.2, 0.25) is 0 Å². The maximum absolute atomic E-state index is 11.1. The lowest BCUT2D eigenvalue weighted by atomic mass is 10.0. The maximum atomic E-state index is 11.1. The van der Waals surface area contributed by atoms with E-state index in [0.29, 0.717) is 24.8 Å². The third-order valence-corrected chi connectivity index (χ3v) is 3.62. The molecule has 0 amide bonds. The molecule has 116 valence electrons. The van der Waals surface area contributed by atoms with E-state index in [-0.39, 0.29) is 5.69 Å². The molecule has 0 bridgehead atoms. The van der Waals surface area contributed by atoms with Crippen molar-refractivity contribution < 1.29 is 14.4 Å². The van der Waals surface area contributed by atoms with Crippen LogP contribution in [0.15, 0.2) is 18.2 Å². The minimum absolute atomic E-state index is 0.0299. The molecule has 6 nitrogen and oxygen atoms in total. The fourth-order valence-electron chi connectivity index (χ4n) is 2.32. The van der Waals surface area contributed by atoms with Gasteiger partial charge in [-0.05, 0) is 36.9 Å². The van der Waals surface area contributed by atoms with Crippen LogP contribution in [0, 0.1) is 16.0 Å². The number of ether oxygens (including phenoxy) is 2. The van der Waals surface area contributed by atoms with Gasteiger partial charge in [-0.3, -0.25) is 10.1 Å². The second-order valence-electron chi connectivity index (χ2n) is 5.21. The highest BCUT2D eigenvalue weighted by Crippen LogP contribution is 2.29. The van der Waals surface area contributed by atoms with Crippen LogP contribution in [-0.4, -0.2) is 31.3 Å². The zero-order chi connectivity index (χ0) is 15.1. The van der Waals surface area contributed by atoms with Gasteiger partial charge in [-0.25, -0.2) is 0 Å². The molecule has 1 aliphatic heterocycles. The van der Waals surface area contributed by atoms with E-state index < -0.39 is 4.92 Å². The standard InChI is InChI=1S/C15H22N2O4/c1-2-16-10-13-3-4-14(17(18)19)15(9-13)21-11-12-5-7-20-8-6-12/h3-4,9,12,16H,2,5-8,10-11H2,1H3. The van der Waals surface area contributed by atoms with E-state index in [1.165, 1.54) is 6.07 Å². The van der Waals surface area contributed by atoms with Gasteiger partial charge in [-0.1, -0.05) is 13.0 Å². The minimum atomic E-state index is -0.393. The highest BCUT2D eigenvalue weighted by atomic mass is 16.6. The van der Waals surface area contributed by atoms with Crippen LogP contribution in [-0.2, 0) is 11.3 Å². The predicted molar refractivity (Wildman–Crippen MR) is 79.5 cm³/mol. The van der Waals surface area contributed by atoms with Gasteiger partial charge in [0.1, 0.15) is 0 Å². The summed E-state index contributed by atoms with van der Waals surface area (Å²) >= 11 is 0. The average Bonchev–Trinajstić information content (AvgIpc) is 2.51. The van der Waals surface area contributed by atoms with E-state index in [0.717, 1.165) is 38.2 Å². The van der Waals surface area contributed by atoms with Crippen molar-refractivity contribution in [3.63, 3.8) is 0 Å². The van der Waals surface area contributed by atoms with Gasteiger partial charge < -0.3 is 14.8 Å². The number of nitrogens with one attached hydrogen (secondary N) is 1. The van der Waals surface area contributed by atoms with Gasteiger partial charge in [0.15, 0.2) is 5.75 Å². The Hall–Kier alpha value is -1.66. The Bertz CT molecular complexity index is 473. The molecule has 0 aliphatic carbocycles. The van der Waals surface area contributed by atoms with Crippen LogP contribution in [0.2, 0.25) is 0 Å². The summed E-state index contributed by atoms with van der Waals surface area (Å²) in [6.45, 7) is 5.56. The molecule has 1 aromatic rings. The largest absolute Gasteiger partial charge is 0.487 e. The highest BCUT2D eigenvalue weighted by molar-refractivity contribution is 5.48. The Labute approximate surface area is 124 Å². The lowest BCUT2D eigenvalue weighted by Crippen LogP contribution is -2.21. The molecule has 0 radical (unpaired) electrons. The Morgan fingerprint density at radius 3 is 2.86 bits per heavy atom. The van der Waals surface area contributed by atoms with Crippen molar-refractivity contribution in [1.29, 1.82) is 0 Å². The summed E-state index contributed by atoms with van der Waals surface area (Å²) in [5.74, 6) is 0.776. The van der Waals surface area contributed by atoms with Gasteiger partial charge in [-0.2, -0.15) is 0 Å². The molecule has 1 saturated heterocycles. The SMILES string of the molecule is CCNCc1ccc([N+](=O)[O-])c(OCC2CCOCC2)c1. The first-order valence-corrected chi connectivity index (χ1v) is 7.39. The first kappa shape index (κ1) is 15.7. The Balaban J connectivity index is 2.04. The van der Waals surface area contributed by atoms with E-state index in [2.05, 4.69) is 5.32 Å². The van der Waals surface area contributed by atoms with Crippen LogP contribution < -0.4 is 10.1 Å². The normalized spacial score (nSPS) is 15.9. The van der Waals surface area contributed by atoms with Crippen LogP contribution in [0.3, 0.4) is 0 Å². The lowest BCUT2D eigenvalue weighted by molar-refractivity contribution is -0.385. The van der Waals surface area contributed by atoms with E-state index in [1.807, 2.05) is 6.92 Å². The summed E-state index contributed by atoms with van der Waals surface area (Å²) in [6, 6.07) is 5.05. The molecule has 21 heavy (non-hydrogen) atoms. The highest BCUT2D eigenvalue weighted by Gasteiger charge is 2.19. The topological polar surface area (TPSA) is 73.6 Å². The first-order chi connectivity index (χ1) is 10.2. The molecule has 0 unspecified atom stereocenters. The third-order valence-electron chi connectivity index (χ3n) is 3.62. The van der Waals surface area contributed by atoms with Crippen LogP contribution in [0.1, 0.15) is 25.3 Å². The van der Waals surface area contributed by atoms with E-state index in [4.69, 9.17) is 9.47 Å². The second kappa shape index (κ2) is 7.95. The van der Waals surface area contributed by atoms with Crippen LogP contribution in [0.5, 0.6) is 5.75 Å². The van der Waals surface area contributed by atoms with Crippen molar-refractivity contribution in [3.05, 3.63) is 33.9 Å². The molecule has 1 N–H and O–H groups in total. The van der Waals surface area contributed by atoms with Crippen molar-refractivity contribution in [3.8, 4) is 5.75 Å². The zero-order valence-electron chi connectivity index (χ0n) is 12.3. The van der Waals surface area contributed by atoms with Crippen molar-refractivity contribution in [2.45, 2.75) is 26.3 Å². The number of nitrogens with zero attached hydrogens (tertiary/aromatic N) is 1. The maximum Gasteiger partial charge on any atom is 0.310 e. The minimum Gasteiger partial charge on any atom is -0.487 e. The van der Waals surface area contributed by atoms with Crippen LogP contribution in [0.4, 0.5) is 5.69 Å². The van der Waals surface area contributed by atoms with Gasteiger partial charge in [-0.15, -0.1) is 0 Å². The van der Waals surface area contributed by atoms with E-state index in [9.17, 15) is 10.1 Å². The molecule has 1 aliphatic rings. The second-order valence-corrected chi connectivity index (χ2v) is 5.21. The zero-order valence-corrected chi connectivity index (χ0v) is 12.3. The number of nitro benzene ring substituents is 1.